The summed E-state index contributed by atoms with van der Waals surface area (Å²) in [5.74, 6) is 1.46. The SMILES string of the molecule is I.c1coc(CCNC(=NCC2COC3(CCCCC3)O2)NCCN2CCOCC2)c1. The molecule has 1 unspecified atom stereocenters. The van der Waals surface area contributed by atoms with Gasteiger partial charge in [-0.2, -0.15) is 0 Å². The van der Waals surface area contributed by atoms with Gasteiger partial charge >= 0.3 is 0 Å². The Morgan fingerprint density at radius 3 is 2.71 bits per heavy atom. The first kappa shape index (κ1) is 24.8. The van der Waals surface area contributed by atoms with E-state index in [1.807, 2.05) is 12.1 Å². The number of hydrogen-bond donors (Lipinski definition) is 2. The minimum atomic E-state index is -0.338. The number of morpholine rings is 1. The molecule has 0 aromatic carbocycles. The van der Waals surface area contributed by atoms with E-state index in [1.165, 1.54) is 19.3 Å². The van der Waals surface area contributed by atoms with Crippen molar-refractivity contribution in [2.45, 2.75) is 50.4 Å². The van der Waals surface area contributed by atoms with Crippen LogP contribution >= 0.6 is 24.0 Å². The van der Waals surface area contributed by atoms with Gasteiger partial charge in [-0.15, -0.1) is 24.0 Å². The summed E-state index contributed by atoms with van der Waals surface area (Å²) in [6.45, 7) is 7.47. The lowest BCUT2D eigenvalue weighted by atomic mass is 9.94. The standard InChI is InChI=1S/C22H36N4O4.HI/c1-2-7-22(8-3-1)29-18-20(30-22)17-25-21(23-9-6-19-5-4-14-28-19)24-10-11-26-12-15-27-16-13-26;/h4-5,14,20H,1-3,6-13,15-18H2,(H2,23,24,25);1H. The van der Waals surface area contributed by atoms with Crippen LogP contribution in [0.15, 0.2) is 27.8 Å². The van der Waals surface area contributed by atoms with E-state index >= 15 is 0 Å². The van der Waals surface area contributed by atoms with Gasteiger partial charge in [-0.1, -0.05) is 6.42 Å². The molecule has 8 nitrogen and oxygen atoms in total. The number of nitrogens with one attached hydrogen (secondary N) is 2. The second-order valence-electron chi connectivity index (χ2n) is 8.35. The molecule has 1 aromatic heterocycles. The van der Waals surface area contributed by atoms with E-state index in [9.17, 15) is 0 Å². The molecule has 1 aromatic rings. The zero-order valence-electron chi connectivity index (χ0n) is 18.4. The van der Waals surface area contributed by atoms with Crippen LogP contribution in [0.3, 0.4) is 0 Å². The summed E-state index contributed by atoms with van der Waals surface area (Å²) < 4.78 is 23.2. The van der Waals surface area contributed by atoms with Crippen molar-refractivity contribution >= 4 is 29.9 Å². The highest BCUT2D eigenvalue weighted by Gasteiger charge is 2.42. The molecule has 3 fully saturated rings. The fraction of sp³-hybridized carbons (Fsp3) is 0.773. The topological polar surface area (TPSA) is 80.5 Å². The second-order valence-corrected chi connectivity index (χ2v) is 8.35. The van der Waals surface area contributed by atoms with Gasteiger partial charge in [0.15, 0.2) is 11.7 Å². The summed E-state index contributed by atoms with van der Waals surface area (Å²) in [5.41, 5.74) is 0. The first-order valence-corrected chi connectivity index (χ1v) is 11.5. The molecular formula is C22H37IN4O4. The van der Waals surface area contributed by atoms with Gasteiger partial charge < -0.3 is 29.3 Å². The number of aliphatic imine (C=N–C) groups is 1. The Labute approximate surface area is 202 Å². The Hall–Kier alpha value is -0.880. The van der Waals surface area contributed by atoms with Crippen LogP contribution in [0.1, 0.15) is 37.9 Å². The summed E-state index contributed by atoms with van der Waals surface area (Å²) in [6.07, 6.45) is 8.27. The number of hydrogen-bond acceptors (Lipinski definition) is 6. The van der Waals surface area contributed by atoms with E-state index in [0.29, 0.717) is 13.2 Å². The molecule has 3 aliphatic rings. The molecule has 4 rings (SSSR count). The maximum absolute atomic E-state index is 6.28. The van der Waals surface area contributed by atoms with Crippen molar-refractivity contribution in [2.24, 2.45) is 4.99 Å². The Bertz CT molecular complexity index is 646. The highest BCUT2D eigenvalue weighted by molar-refractivity contribution is 14.0. The highest BCUT2D eigenvalue weighted by atomic mass is 127. The van der Waals surface area contributed by atoms with Crippen LogP contribution in [0.25, 0.3) is 0 Å². The van der Waals surface area contributed by atoms with Crippen molar-refractivity contribution in [3.05, 3.63) is 24.2 Å². The number of guanidine groups is 1. The number of ether oxygens (including phenoxy) is 3. The summed E-state index contributed by atoms with van der Waals surface area (Å²) >= 11 is 0. The third kappa shape index (κ3) is 7.88. The Morgan fingerprint density at radius 1 is 1.13 bits per heavy atom. The van der Waals surface area contributed by atoms with Crippen LogP contribution < -0.4 is 10.6 Å². The van der Waals surface area contributed by atoms with Gasteiger partial charge in [0.1, 0.15) is 11.9 Å². The molecular weight excluding hydrogens is 511 g/mol. The zero-order chi connectivity index (χ0) is 20.5. The molecule has 2 aliphatic heterocycles. The van der Waals surface area contributed by atoms with Gasteiger partial charge in [-0.25, -0.2) is 0 Å². The van der Waals surface area contributed by atoms with E-state index in [-0.39, 0.29) is 35.9 Å². The Balaban J connectivity index is 0.00000272. The molecule has 2 N–H and O–H groups in total. The molecule has 3 heterocycles. The molecule has 1 aliphatic carbocycles. The van der Waals surface area contributed by atoms with Gasteiger partial charge in [0.25, 0.3) is 0 Å². The quantitative estimate of drug-likeness (QED) is 0.294. The van der Waals surface area contributed by atoms with Crippen LogP contribution in [0.2, 0.25) is 0 Å². The lowest BCUT2D eigenvalue weighted by molar-refractivity contribution is -0.186. The van der Waals surface area contributed by atoms with Crippen LogP contribution in [0.4, 0.5) is 0 Å². The number of nitrogens with zero attached hydrogens (tertiary/aromatic N) is 2. The molecule has 1 atom stereocenters. The summed E-state index contributed by atoms with van der Waals surface area (Å²) in [6, 6.07) is 3.92. The van der Waals surface area contributed by atoms with Crippen LogP contribution in [0.5, 0.6) is 0 Å². The Kier molecular flexibility index (Phi) is 10.4. The first-order chi connectivity index (χ1) is 14.8. The third-order valence-corrected chi connectivity index (χ3v) is 6.05. The molecule has 2 saturated heterocycles. The van der Waals surface area contributed by atoms with Crippen LogP contribution in [0, 0.1) is 0 Å². The van der Waals surface area contributed by atoms with Gasteiger partial charge in [0.2, 0.25) is 0 Å². The van der Waals surface area contributed by atoms with Crippen molar-refractivity contribution in [1.29, 1.82) is 0 Å². The number of rotatable bonds is 8. The van der Waals surface area contributed by atoms with E-state index in [0.717, 1.165) is 76.9 Å². The summed E-state index contributed by atoms with van der Waals surface area (Å²) in [5, 5.41) is 6.90. The minimum Gasteiger partial charge on any atom is -0.469 e. The lowest BCUT2D eigenvalue weighted by Gasteiger charge is -2.31. The highest BCUT2D eigenvalue weighted by Crippen LogP contribution is 2.37. The largest absolute Gasteiger partial charge is 0.469 e. The van der Waals surface area contributed by atoms with Crippen LogP contribution in [-0.2, 0) is 20.6 Å². The van der Waals surface area contributed by atoms with Gasteiger partial charge in [0, 0.05) is 52.0 Å². The Morgan fingerprint density at radius 2 is 1.94 bits per heavy atom. The number of halogens is 1. The monoisotopic (exact) mass is 548 g/mol. The molecule has 1 spiro atoms. The van der Waals surface area contributed by atoms with Crippen LogP contribution in [-0.4, -0.2) is 81.8 Å². The average Bonchev–Trinajstić information content (AvgIpc) is 3.43. The molecule has 1 saturated carbocycles. The predicted octanol–water partition coefficient (Wildman–Crippen LogP) is 2.38. The van der Waals surface area contributed by atoms with Gasteiger partial charge in [-0.3, -0.25) is 9.89 Å². The molecule has 9 heteroatoms. The third-order valence-electron chi connectivity index (χ3n) is 6.05. The van der Waals surface area contributed by atoms with E-state index in [1.54, 1.807) is 6.26 Å². The zero-order valence-corrected chi connectivity index (χ0v) is 20.7. The first-order valence-electron chi connectivity index (χ1n) is 11.5. The van der Waals surface area contributed by atoms with Crippen molar-refractivity contribution in [3.8, 4) is 0 Å². The van der Waals surface area contributed by atoms with Crippen molar-refractivity contribution in [1.82, 2.24) is 15.5 Å². The molecule has 0 radical (unpaired) electrons. The minimum absolute atomic E-state index is 0. The molecule has 0 bridgehead atoms. The van der Waals surface area contributed by atoms with E-state index in [4.69, 9.17) is 23.6 Å². The smallest absolute Gasteiger partial charge is 0.191 e. The van der Waals surface area contributed by atoms with E-state index < -0.39 is 0 Å². The fourth-order valence-electron chi connectivity index (χ4n) is 4.34. The lowest BCUT2D eigenvalue weighted by Crippen LogP contribution is -2.45. The van der Waals surface area contributed by atoms with Gasteiger partial charge in [0.05, 0.1) is 32.6 Å². The molecule has 31 heavy (non-hydrogen) atoms. The maximum atomic E-state index is 6.28. The van der Waals surface area contributed by atoms with Crippen molar-refractivity contribution in [2.75, 3.05) is 59.1 Å². The normalized spacial score (nSPS) is 24.1. The predicted molar refractivity (Wildman–Crippen MR) is 130 cm³/mol. The van der Waals surface area contributed by atoms with Gasteiger partial charge in [-0.05, 0) is 25.0 Å². The maximum Gasteiger partial charge on any atom is 0.191 e. The van der Waals surface area contributed by atoms with Crippen molar-refractivity contribution < 1.29 is 18.6 Å². The fourth-order valence-corrected chi connectivity index (χ4v) is 4.34. The molecule has 176 valence electrons. The second kappa shape index (κ2) is 13.0. The van der Waals surface area contributed by atoms with E-state index in [2.05, 4.69) is 15.5 Å². The molecule has 0 amide bonds. The van der Waals surface area contributed by atoms with Crippen molar-refractivity contribution in [3.63, 3.8) is 0 Å². The number of furan rings is 1. The summed E-state index contributed by atoms with van der Waals surface area (Å²) in [4.78, 5) is 7.22. The average molecular weight is 548 g/mol. The summed E-state index contributed by atoms with van der Waals surface area (Å²) in [7, 11) is 0.